The number of rotatable bonds is 30. The normalized spacial score (nSPS) is 11.9. The molecule has 0 radical (unpaired) electrons. The van der Waals surface area contributed by atoms with Crippen LogP contribution in [0.5, 0.6) is 0 Å². The van der Waals surface area contributed by atoms with E-state index in [0.29, 0.717) is 57.8 Å². The molecule has 0 fully saturated rings. The summed E-state index contributed by atoms with van der Waals surface area (Å²) in [7, 11) is 0. The lowest BCUT2D eigenvalue weighted by Gasteiger charge is -2.32. The average Bonchev–Trinajstić information content (AvgIpc) is 3.01. The summed E-state index contributed by atoms with van der Waals surface area (Å²) in [6.07, 6.45) is 11.1. The summed E-state index contributed by atoms with van der Waals surface area (Å²) in [5, 5.41) is 0. The standard InChI is InChI=1S/3C13H24O3.Al/c3*1-4-7-13(8-5-2,9-6-3)11(14)10-12(15)16;/h3*4-10H2,1-3H3,(H,15,16);/q;;;+3/p-3. The number of carbonyl (C=O) groups excluding carboxylic acids is 6. The van der Waals surface area contributed by atoms with Gasteiger partial charge in [-0.05, 0) is 57.8 Å². The maximum absolute atomic E-state index is 13.6. The largest absolute Gasteiger partial charge is 1.20 e. The Balaban J connectivity index is 6.28. The lowest BCUT2D eigenvalue weighted by molar-refractivity contribution is -0.150. The molecule has 9 nitrogen and oxygen atoms in total. The summed E-state index contributed by atoms with van der Waals surface area (Å²) in [6, 6.07) is 0. The van der Waals surface area contributed by atoms with Gasteiger partial charge in [0.05, 0.1) is 0 Å². The van der Waals surface area contributed by atoms with Gasteiger partial charge in [-0.15, -0.1) is 0 Å². The van der Waals surface area contributed by atoms with Crippen LogP contribution in [0.15, 0.2) is 0 Å². The van der Waals surface area contributed by atoms with E-state index >= 15 is 0 Å². The highest BCUT2D eigenvalue weighted by Gasteiger charge is 2.51. The molecule has 0 aliphatic carbocycles. The van der Waals surface area contributed by atoms with Crippen LogP contribution in [-0.4, -0.2) is 50.4 Å². The Labute approximate surface area is 303 Å². The Kier molecular flexibility index (Phi) is 23.9. The van der Waals surface area contributed by atoms with Crippen LogP contribution >= 0.6 is 0 Å². The fraction of sp³-hybridized carbons (Fsp3) is 0.846. The molecule has 0 saturated heterocycles. The first-order valence-electron chi connectivity index (χ1n) is 19.5. The van der Waals surface area contributed by atoms with Crippen molar-refractivity contribution in [2.75, 3.05) is 0 Å². The second-order valence-electron chi connectivity index (χ2n) is 14.1. The molecule has 0 spiro atoms. The topological polar surface area (TPSA) is 130 Å². The number of ketones is 3. The molecule has 282 valence electrons. The molecular weight excluding hydrogens is 639 g/mol. The molecule has 0 rings (SSSR count). The van der Waals surface area contributed by atoms with Crippen molar-refractivity contribution in [1.82, 2.24) is 0 Å². The van der Waals surface area contributed by atoms with E-state index in [9.17, 15) is 28.8 Å². The predicted octanol–water partition coefficient (Wildman–Crippen LogP) is 9.64. The molecular formula is C39H69AlO9. The number of carbonyl (C=O) groups is 6. The van der Waals surface area contributed by atoms with Crippen LogP contribution in [0.3, 0.4) is 0 Å². The molecule has 0 aliphatic rings. The Hall–Kier alpha value is -2.05. The minimum atomic E-state index is -3.90. The van der Waals surface area contributed by atoms with Crippen molar-refractivity contribution < 1.29 is 40.1 Å². The molecule has 0 aromatic rings. The molecule has 0 atom stereocenters. The minimum Gasteiger partial charge on any atom is -0.550 e. The molecule has 49 heavy (non-hydrogen) atoms. The Morgan fingerprint density at radius 2 is 0.510 bits per heavy atom. The van der Waals surface area contributed by atoms with Crippen LogP contribution in [0.2, 0.25) is 0 Å². The highest BCUT2D eigenvalue weighted by atomic mass is 27.3. The molecule has 0 unspecified atom stereocenters. The number of hydrogen-bond acceptors (Lipinski definition) is 9. The van der Waals surface area contributed by atoms with E-state index in [1.54, 1.807) is 0 Å². The van der Waals surface area contributed by atoms with Crippen molar-refractivity contribution in [2.24, 2.45) is 16.2 Å². The summed E-state index contributed by atoms with van der Waals surface area (Å²) in [6.45, 7) is 18.0. The first kappa shape index (κ1) is 47.0. The van der Waals surface area contributed by atoms with Gasteiger partial charge in [-0.25, -0.2) is 0 Å². The first-order chi connectivity index (χ1) is 23.3. The van der Waals surface area contributed by atoms with Gasteiger partial charge >= 0.3 is 15.1 Å². The summed E-state index contributed by atoms with van der Waals surface area (Å²) in [4.78, 5) is 80.4. The van der Waals surface area contributed by atoms with Crippen LogP contribution in [0.4, 0.5) is 0 Å². The van der Waals surface area contributed by atoms with Crippen molar-refractivity contribution in [3.8, 4) is 0 Å². The lowest BCUT2D eigenvalue weighted by atomic mass is 9.71. The third kappa shape index (κ3) is 15.4. The van der Waals surface area contributed by atoms with Gasteiger partial charge in [0.2, 0.25) is 0 Å². The van der Waals surface area contributed by atoms with Crippen molar-refractivity contribution in [2.45, 2.75) is 197 Å². The quantitative estimate of drug-likeness (QED) is 0.0529. The van der Waals surface area contributed by atoms with Gasteiger partial charge in [-0.3, -0.25) is 28.8 Å². The van der Waals surface area contributed by atoms with Gasteiger partial charge in [-0.1, -0.05) is 120 Å². The van der Waals surface area contributed by atoms with E-state index in [-0.39, 0.29) is 17.3 Å². The summed E-state index contributed by atoms with van der Waals surface area (Å²) >= 11 is -3.90. The minimum absolute atomic E-state index is 0.245. The van der Waals surface area contributed by atoms with Gasteiger partial charge < -0.3 is 11.4 Å². The van der Waals surface area contributed by atoms with Gasteiger partial charge in [0.1, 0.15) is 36.6 Å². The monoisotopic (exact) mass is 708 g/mol. The third-order valence-electron chi connectivity index (χ3n) is 9.93. The van der Waals surface area contributed by atoms with E-state index in [1.807, 2.05) is 62.3 Å². The zero-order chi connectivity index (χ0) is 37.5. The zero-order valence-corrected chi connectivity index (χ0v) is 33.8. The van der Waals surface area contributed by atoms with Gasteiger partial charge in [-0.2, -0.15) is 0 Å². The fourth-order valence-corrected chi connectivity index (χ4v) is 9.20. The van der Waals surface area contributed by atoms with Crippen LogP contribution < -0.4 is 0 Å². The molecule has 0 heterocycles. The van der Waals surface area contributed by atoms with Crippen molar-refractivity contribution >= 4 is 50.4 Å². The third-order valence-corrected chi connectivity index (χ3v) is 11.3. The predicted molar refractivity (Wildman–Crippen MR) is 194 cm³/mol. The molecule has 0 aromatic carbocycles. The summed E-state index contributed by atoms with van der Waals surface area (Å²) in [5.41, 5.74) is -1.99. The van der Waals surface area contributed by atoms with E-state index in [2.05, 4.69) is 0 Å². The van der Waals surface area contributed by atoms with Crippen molar-refractivity contribution in [3.63, 3.8) is 0 Å². The zero-order valence-electron chi connectivity index (χ0n) is 32.6. The van der Waals surface area contributed by atoms with E-state index in [1.165, 1.54) is 0 Å². The maximum Gasteiger partial charge on any atom is 1.20 e. The van der Waals surface area contributed by atoms with Gasteiger partial charge in [0.15, 0.2) is 0 Å². The van der Waals surface area contributed by atoms with Crippen molar-refractivity contribution in [3.05, 3.63) is 0 Å². The smallest absolute Gasteiger partial charge is 0.550 e. The van der Waals surface area contributed by atoms with Crippen LogP contribution in [0.1, 0.15) is 197 Å². The first-order valence-corrected chi connectivity index (χ1v) is 20.9. The summed E-state index contributed by atoms with van der Waals surface area (Å²) in [5.74, 6) is -3.56. The molecule has 0 amide bonds. The fourth-order valence-electron chi connectivity index (χ4n) is 8.16. The Bertz CT molecular complexity index is 858. The average molecular weight is 709 g/mol. The van der Waals surface area contributed by atoms with E-state index in [0.717, 1.165) is 57.8 Å². The highest BCUT2D eigenvalue weighted by Crippen LogP contribution is 2.39. The Morgan fingerprint density at radius 3 is 0.653 bits per heavy atom. The molecule has 0 saturated carbocycles. The Morgan fingerprint density at radius 1 is 0.347 bits per heavy atom. The van der Waals surface area contributed by atoms with Gasteiger partial charge in [0, 0.05) is 16.2 Å². The second-order valence-corrected chi connectivity index (χ2v) is 15.4. The number of Topliss-reactive ketones (excluding diaryl/α,β-unsaturated/α-hetero) is 3. The maximum atomic E-state index is 13.6. The van der Waals surface area contributed by atoms with Crippen molar-refractivity contribution in [1.29, 1.82) is 0 Å². The SMILES string of the molecule is CCCC(CCC)(CCC)C(=O)CC(=O)[O][Al]([O]C(=O)CC(=O)C(CCC)(CCC)CCC)[O]C(=O)CC(=O)C(CCC)(CCC)CCC. The number of hydrogen-bond donors (Lipinski definition) is 0. The van der Waals surface area contributed by atoms with Crippen LogP contribution in [-0.2, 0) is 40.1 Å². The van der Waals surface area contributed by atoms with E-state index < -0.39 is 68.6 Å². The molecule has 0 aromatic heterocycles. The lowest BCUT2D eigenvalue weighted by Crippen LogP contribution is -2.40. The van der Waals surface area contributed by atoms with Gasteiger partial charge in [0.25, 0.3) is 17.9 Å². The molecule has 0 aliphatic heterocycles. The van der Waals surface area contributed by atoms with Crippen LogP contribution in [0, 0.1) is 16.2 Å². The molecule has 0 bridgehead atoms. The van der Waals surface area contributed by atoms with Crippen LogP contribution in [0.25, 0.3) is 0 Å². The summed E-state index contributed by atoms with van der Waals surface area (Å²) < 4.78 is 16.4. The molecule has 0 N–H and O–H groups in total. The molecule has 10 heteroatoms. The second kappa shape index (κ2) is 25.0. The highest BCUT2D eigenvalue weighted by molar-refractivity contribution is 6.44. The van der Waals surface area contributed by atoms with E-state index in [4.69, 9.17) is 11.4 Å².